The molecule has 0 N–H and O–H groups in total. The van der Waals surface area contributed by atoms with Crippen LogP contribution in [0.4, 0.5) is 0 Å². The van der Waals surface area contributed by atoms with E-state index in [0.717, 1.165) is 50.2 Å². The highest BCUT2D eigenvalue weighted by Gasteiger charge is 2.23. The summed E-state index contributed by atoms with van der Waals surface area (Å²) in [6.45, 7) is 8.54. The quantitative estimate of drug-likeness (QED) is 0.686. The van der Waals surface area contributed by atoms with Crippen LogP contribution in [0.5, 0.6) is 0 Å². The smallest absolute Gasteiger partial charge is 0.255 e. The van der Waals surface area contributed by atoms with Crippen LogP contribution in [-0.2, 0) is 6.42 Å². The van der Waals surface area contributed by atoms with Crippen LogP contribution in [0.3, 0.4) is 0 Å². The van der Waals surface area contributed by atoms with Gasteiger partial charge in [-0.2, -0.15) is 5.10 Å². The van der Waals surface area contributed by atoms with Gasteiger partial charge in [0.05, 0.1) is 11.8 Å². The summed E-state index contributed by atoms with van der Waals surface area (Å²) in [5.74, 6) is 0.0643. The average molecular weight is 377 g/mol. The Bertz CT molecular complexity index is 942. The summed E-state index contributed by atoms with van der Waals surface area (Å²) in [7, 11) is 0. The van der Waals surface area contributed by atoms with E-state index in [-0.39, 0.29) is 11.9 Å². The Balaban J connectivity index is 1.35. The van der Waals surface area contributed by atoms with E-state index in [1.165, 1.54) is 5.56 Å². The first-order chi connectivity index (χ1) is 13.6. The predicted molar refractivity (Wildman–Crippen MR) is 110 cm³/mol. The van der Waals surface area contributed by atoms with E-state index >= 15 is 0 Å². The zero-order valence-corrected chi connectivity index (χ0v) is 16.6. The monoisotopic (exact) mass is 377 g/mol. The molecule has 1 aromatic carbocycles. The number of amides is 1. The summed E-state index contributed by atoms with van der Waals surface area (Å²) in [5, 5.41) is 5.30. The molecule has 0 spiro atoms. The van der Waals surface area contributed by atoms with Crippen molar-refractivity contribution in [3.05, 3.63) is 59.9 Å². The molecule has 0 saturated carbocycles. The zero-order chi connectivity index (χ0) is 19.5. The van der Waals surface area contributed by atoms with E-state index in [0.29, 0.717) is 5.56 Å². The van der Waals surface area contributed by atoms with Crippen LogP contribution in [0.15, 0.2) is 48.8 Å². The number of fused-ring (bicyclic) bond motifs is 1. The van der Waals surface area contributed by atoms with Gasteiger partial charge in [-0.25, -0.2) is 9.67 Å². The minimum Gasteiger partial charge on any atom is -0.336 e. The van der Waals surface area contributed by atoms with Gasteiger partial charge in [0.1, 0.15) is 0 Å². The Labute approximate surface area is 165 Å². The second kappa shape index (κ2) is 8.10. The second-order valence-electron chi connectivity index (χ2n) is 7.69. The van der Waals surface area contributed by atoms with Gasteiger partial charge >= 0.3 is 0 Å². The fourth-order valence-electron chi connectivity index (χ4n) is 3.72. The number of nitrogens with zero attached hydrogens (tertiary/aromatic N) is 5. The molecule has 1 amide bonds. The molecule has 0 bridgehead atoms. The average Bonchev–Trinajstić information content (AvgIpc) is 3.16. The van der Waals surface area contributed by atoms with Crippen LogP contribution >= 0.6 is 0 Å². The minimum absolute atomic E-state index is 0.0643. The largest absolute Gasteiger partial charge is 0.336 e. The molecule has 3 aromatic rings. The van der Waals surface area contributed by atoms with E-state index in [4.69, 9.17) is 0 Å². The molecule has 0 unspecified atom stereocenters. The molecule has 3 heterocycles. The van der Waals surface area contributed by atoms with E-state index in [1.807, 2.05) is 21.7 Å². The van der Waals surface area contributed by atoms with Crippen molar-refractivity contribution in [2.75, 3.05) is 32.7 Å². The van der Waals surface area contributed by atoms with Gasteiger partial charge < -0.3 is 4.90 Å². The molecule has 4 rings (SSSR count). The number of carbonyl (C=O) groups excluding carboxylic acids is 1. The molecule has 1 aliphatic rings. The summed E-state index contributed by atoms with van der Waals surface area (Å²) >= 11 is 0. The van der Waals surface area contributed by atoms with Gasteiger partial charge in [0.2, 0.25) is 0 Å². The molecule has 0 aliphatic carbocycles. The summed E-state index contributed by atoms with van der Waals surface area (Å²) in [6, 6.07) is 12.7. The highest BCUT2D eigenvalue weighted by molar-refractivity contribution is 5.96. The van der Waals surface area contributed by atoms with Gasteiger partial charge in [0.25, 0.3) is 5.91 Å². The van der Waals surface area contributed by atoms with Crippen LogP contribution in [0.1, 0.15) is 35.8 Å². The number of pyridine rings is 1. The first-order valence-electron chi connectivity index (χ1n) is 10.0. The Morgan fingerprint density at radius 3 is 2.54 bits per heavy atom. The fourth-order valence-corrected chi connectivity index (χ4v) is 3.72. The van der Waals surface area contributed by atoms with Gasteiger partial charge in [-0.15, -0.1) is 0 Å². The lowest BCUT2D eigenvalue weighted by Gasteiger charge is -2.34. The molecule has 6 nitrogen and oxygen atoms in total. The predicted octanol–water partition coefficient (Wildman–Crippen LogP) is 3.01. The number of rotatable bonds is 5. The van der Waals surface area contributed by atoms with Crippen LogP contribution in [0, 0.1) is 0 Å². The van der Waals surface area contributed by atoms with Gasteiger partial charge in [-0.3, -0.25) is 9.69 Å². The first-order valence-corrected chi connectivity index (χ1v) is 10.0. The Kier molecular flexibility index (Phi) is 5.39. The number of aromatic nitrogens is 3. The molecule has 1 saturated heterocycles. The number of hydrogen-bond acceptors (Lipinski definition) is 4. The van der Waals surface area contributed by atoms with E-state index < -0.39 is 0 Å². The SMILES string of the molecule is CC(C)n1ncc2cc(C(=O)N3CCN(CCc4ccccc4)CC3)cnc21. The summed E-state index contributed by atoms with van der Waals surface area (Å²) in [5.41, 5.74) is 2.84. The van der Waals surface area contributed by atoms with E-state index in [2.05, 4.69) is 53.1 Å². The van der Waals surface area contributed by atoms with E-state index in [9.17, 15) is 4.79 Å². The van der Waals surface area contributed by atoms with Crippen molar-refractivity contribution in [1.29, 1.82) is 0 Å². The lowest BCUT2D eigenvalue weighted by atomic mass is 10.1. The molecule has 1 aliphatic heterocycles. The van der Waals surface area contributed by atoms with Gasteiger partial charge in [0.15, 0.2) is 5.65 Å². The molecule has 1 fully saturated rings. The maximum Gasteiger partial charge on any atom is 0.255 e. The third-order valence-electron chi connectivity index (χ3n) is 5.39. The van der Waals surface area contributed by atoms with Crippen molar-refractivity contribution in [2.45, 2.75) is 26.3 Å². The lowest BCUT2D eigenvalue weighted by molar-refractivity contribution is 0.0638. The highest BCUT2D eigenvalue weighted by atomic mass is 16.2. The fraction of sp³-hybridized carbons (Fsp3) is 0.409. The first kappa shape index (κ1) is 18.6. The van der Waals surface area contributed by atoms with Gasteiger partial charge in [-0.1, -0.05) is 30.3 Å². The van der Waals surface area contributed by atoms with Crippen molar-refractivity contribution < 1.29 is 4.79 Å². The van der Waals surface area contributed by atoms with Crippen LogP contribution in [0.25, 0.3) is 11.0 Å². The lowest BCUT2D eigenvalue weighted by Crippen LogP contribution is -2.49. The Morgan fingerprint density at radius 1 is 1.07 bits per heavy atom. The van der Waals surface area contributed by atoms with Crippen LogP contribution < -0.4 is 0 Å². The Morgan fingerprint density at radius 2 is 1.82 bits per heavy atom. The van der Waals surface area contributed by atoms with Crippen molar-refractivity contribution in [3.63, 3.8) is 0 Å². The topological polar surface area (TPSA) is 54.3 Å². The molecular weight excluding hydrogens is 350 g/mol. The number of piperazine rings is 1. The summed E-state index contributed by atoms with van der Waals surface area (Å²) in [4.78, 5) is 21.8. The maximum absolute atomic E-state index is 12.9. The van der Waals surface area contributed by atoms with Crippen molar-refractivity contribution >= 4 is 16.9 Å². The summed E-state index contributed by atoms with van der Waals surface area (Å²) < 4.78 is 1.88. The molecular formula is C22H27N5O. The second-order valence-corrected chi connectivity index (χ2v) is 7.69. The number of hydrogen-bond donors (Lipinski definition) is 0. The molecule has 146 valence electrons. The van der Waals surface area contributed by atoms with Crippen molar-refractivity contribution in [2.24, 2.45) is 0 Å². The van der Waals surface area contributed by atoms with Crippen LogP contribution in [-0.4, -0.2) is 63.2 Å². The zero-order valence-electron chi connectivity index (χ0n) is 16.6. The Hall–Kier alpha value is -2.73. The summed E-state index contributed by atoms with van der Waals surface area (Å²) in [6.07, 6.45) is 4.53. The number of benzene rings is 1. The minimum atomic E-state index is 0.0643. The molecule has 0 radical (unpaired) electrons. The van der Waals surface area contributed by atoms with Crippen molar-refractivity contribution in [1.82, 2.24) is 24.6 Å². The third kappa shape index (κ3) is 3.92. The van der Waals surface area contributed by atoms with E-state index in [1.54, 1.807) is 12.4 Å². The highest BCUT2D eigenvalue weighted by Crippen LogP contribution is 2.18. The molecule has 2 aromatic heterocycles. The van der Waals surface area contributed by atoms with Crippen LogP contribution in [0.2, 0.25) is 0 Å². The van der Waals surface area contributed by atoms with Gasteiger partial charge in [-0.05, 0) is 31.9 Å². The molecule has 0 atom stereocenters. The standard InChI is InChI=1S/C22H27N5O/c1-17(2)27-21-19(16-24-27)14-20(15-23-21)22(28)26-12-10-25(11-13-26)9-8-18-6-4-3-5-7-18/h3-7,14-17H,8-13H2,1-2H3. The normalized spacial score (nSPS) is 15.5. The molecule has 28 heavy (non-hydrogen) atoms. The van der Waals surface area contributed by atoms with Crippen molar-refractivity contribution in [3.8, 4) is 0 Å². The number of carbonyl (C=O) groups is 1. The molecule has 6 heteroatoms. The third-order valence-corrected chi connectivity index (χ3v) is 5.39. The van der Waals surface area contributed by atoms with Gasteiger partial charge in [0, 0.05) is 50.3 Å². The maximum atomic E-state index is 12.9.